The molecule has 0 saturated heterocycles. The van der Waals surface area contributed by atoms with Gasteiger partial charge in [-0.05, 0) is 23.3 Å². The fourth-order valence-electron chi connectivity index (χ4n) is 3.13. The number of benzene rings is 2. The average Bonchev–Trinajstić information content (AvgIpc) is 3.37. The van der Waals surface area contributed by atoms with E-state index in [0.717, 1.165) is 22.2 Å². The zero-order valence-corrected chi connectivity index (χ0v) is 15.8. The number of hydrogen-bond donors (Lipinski definition) is 0. The highest BCUT2D eigenvalue weighted by Gasteiger charge is 2.14. The molecule has 0 radical (unpaired) electrons. The van der Waals surface area contributed by atoms with Gasteiger partial charge in [0.2, 0.25) is 0 Å². The maximum absolute atomic E-state index is 12.9. The minimum absolute atomic E-state index is 0.115. The molecule has 0 amide bonds. The Morgan fingerprint density at radius 2 is 1.83 bits per heavy atom. The molecule has 3 aromatic heterocycles. The lowest BCUT2D eigenvalue weighted by Crippen LogP contribution is -2.03. The fraction of sp³-hybridized carbons (Fsp3) is 0.0952. The van der Waals surface area contributed by atoms with E-state index < -0.39 is 0 Å². The second-order valence-corrected chi connectivity index (χ2v) is 6.64. The summed E-state index contributed by atoms with van der Waals surface area (Å²) in [7, 11) is 0. The Kier molecular flexibility index (Phi) is 4.60. The summed E-state index contributed by atoms with van der Waals surface area (Å²) in [6, 6.07) is 16.0. The van der Waals surface area contributed by atoms with E-state index in [1.807, 2.05) is 35.0 Å². The van der Waals surface area contributed by atoms with Crippen LogP contribution >= 0.6 is 0 Å². The largest absolute Gasteiger partial charge is 0.388 e. The molecule has 9 heteroatoms. The van der Waals surface area contributed by atoms with Gasteiger partial charge in [-0.25, -0.2) is 14.1 Å². The molecule has 2 aromatic carbocycles. The maximum atomic E-state index is 12.9. The molecule has 5 rings (SSSR count). The van der Waals surface area contributed by atoms with Gasteiger partial charge in [0.05, 0.1) is 24.3 Å². The van der Waals surface area contributed by atoms with Gasteiger partial charge in [-0.15, -0.1) is 10.2 Å². The highest BCUT2D eigenvalue weighted by atomic mass is 19.1. The molecule has 0 aliphatic rings. The molecule has 0 aliphatic carbocycles. The van der Waals surface area contributed by atoms with E-state index in [9.17, 15) is 4.39 Å². The van der Waals surface area contributed by atoms with Gasteiger partial charge in [-0.1, -0.05) is 47.6 Å². The van der Waals surface area contributed by atoms with E-state index in [1.54, 1.807) is 29.1 Å². The van der Waals surface area contributed by atoms with Crippen molar-refractivity contribution in [3.8, 4) is 0 Å². The first-order chi connectivity index (χ1) is 14.8. The summed E-state index contributed by atoms with van der Waals surface area (Å²) in [5, 5.41) is 17.6. The van der Waals surface area contributed by atoms with Gasteiger partial charge < -0.3 is 4.84 Å². The van der Waals surface area contributed by atoms with Crippen LogP contribution in [-0.4, -0.2) is 35.6 Å². The Morgan fingerprint density at radius 3 is 2.67 bits per heavy atom. The van der Waals surface area contributed by atoms with Crippen LogP contribution in [0, 0.1) is 5.82 Å². The molecule has 8 nitrogen and oxygen atoms in total. The summed E-state index contributed by atoms with van der Waals surface area (Å²) in [6.07, 6.45) is 4.91. The zero-order chi connectivity index (χ0) is 20.3. The summed E-state index contributed by atoms with van der Waals surface area (Å²) in [6.45, 7) is 0.736. The topological polar surface area (TPSA) is 82.5 Å². The van der Waals surface area contributed by atoms with Crippen molar-refractivity contribution in [3.05, 3.63) is 89.9 Å². The molecular formula is C21H16FN7O. The van der Waals surface area contributed by atoms with Gasteiger partial charge in [0.25, 0.3) is 0 Å². The first-order valence-electron chi connectivity index (χ1n) is 9.27. The molecule has 0 bridgehead atoms. The summed E-state index contributed by atoms with van der Waals surface area (Å²) < 4.78 is 16.5. The predicted octanol–water partition coefficient (Wildman–Crippen LogP) is 3.21. The Labute approximate surface area is 170 Å². The number of nitrogens with zero attached hydrogens (tertiary/aromatic N) is 7. The Bertz CT molecular complexity index is 1330. The molecule has 148 valence electrons. The molecule has 3 heterocycles. The normalized spacial score (nSPS) is 11.6. The lowest BCUT2D eigenvalue weighted by atomic mass is 10.2. The number of aromatic nitrogens is 6. The van der Waals surface area contributed by atoms with Crippen molar-refractivity contribution < 1.29 is 9.23 Å². The van der Waals surface area contributed by atoms with Gasteiger partial charge in [0.15, 0.2) is 23.7 Å². The standard InChI is InChI=1S/C21H16FN7O/c22-17-8-6-15(7-9-17)10-25-30-13-19-26-27-21-18-11-24-29(20(18)23-14-28(19)21)12-16-4-2-1-3-5-16/h1-11,14H,12-13H2. The first-order valence-corrected chi connectivity index (χ1v) is 9.27. The van der Waals surface area contributed by atoms with Gasteiger partial charge in [-0.2, -0.15) is 5.10 Å². The first kappa shape index (κ1) is 17.9. The average molecular weight is 401 g/mol. The van der Waals surface area contributed by atoms with Crippen LogP contribution < -0.4 is 0 Å². The van der Waals surface area contributed by atoms with Crippen LogP contribution in [0.2, 0.25) is 0 Å². The highest BCUT2D eigenvalue weighted by molar-refractivity contribution is 5.88. The Balaban J connectivity index is 1.35. The van der Waals surface area contributed by atoms with Gasteiger partial charge in [0, 0.05) is 0 Å². The van der Waals surface area contributed by atoms with E-state index >= 15 is 0 Å². The van der Waals surface area contributed by atoms with Crippen LogP contribution in [0.1, 0.15) is 17.0 Å². The van der Waals surface area contributed by atoms with Crippen LogP contribution in [0.25, 0.3) is 16.7 Å². The lowest BCUT2D eigenvalue weighted by molar-refractivity contribution is 0.125. The monoisotopic (exact) mass is 401 g/mol. The quantitative estimate of drug-likeness (QED) is 0.322. The molecule has 0 atom stereocenters. The Hall–Kier alpha value is -4.14. The van der Waals surface area contributed by atoms with Gasteiger partial charge >= 0.3 is 0 Å². The third-order valence-corrected chi connectivity index (χ3v) is 4.63. The molecule has 30 heavy (non-hydrogen) atoms. The summed E-state index contributed by atoms with van der Waals surface area (Å²) >= 11 is 0. The SMILES string of the molecule is Fc1ccc(C=NOCc2nnc3c4cnn(Cc5ccccc5)c4ncn23)cc1. The number of hydrogen-bond acceptors (Lipinski definition) is 6. The van der Waals surface area contributed by atoms with Crippen LogP contribution in [0.15, 0.2) is 72.3 Å². The number of oxime groups is 1. The van der Waals surface area contributed by atoms with Crippen molar-refractivity contribution in [1.29, 1.82) is 0 Å². The number of halogens is 1. The molecule has 0 unspecified atom stereocenters. The van der Waals surface area contributed by atoms with Crippen LogP contribution in [0.4, 0.5) is 4.39 Å². The Morgan fingerprint density at radius 1 is 1.00 bits per heavy atom. The van der Waals surface area contributed by atoms with Gasteiger partial charge in [0.1, 0.15) is 12.1 Å². The van der Waals surface area contributed by atoms with E-state index in [4.69, 9.17) is 4.84 Å². The highest BCUT2D eigenvalue weighted by Crippen LogP contribution is 2.18. The van der Waals surface area contributed by atoms with E-state index in [1.165, 1.54) is 18.3 Å². The van der Waals surface area contributed by atoms with E-state index in [0.29, 0.717) is 18.0 Å². The third-order valence-electron chi connectivity index (χ3n) is 4.63. The van der Waals surface area contributed by atoms with Crippen molar-refractivity contribution >= 4 is 22.9 Å². The summed E-state index contributed by atoms with van der Waals surface area (Å²) in [5.74, 6) is 0.264. The van der Waals surface area contributed by atoms with E-state index in [2.05, 4.69) is 25.4 Å². The third kappa shape index (κ3) is 3.48. The van der Waals surface area contributed by atoms with Crippen molar-refractivity contribution in [2.75, 3.05) is 0 Å². The second kappa shape index (κ2) is 7.70. The minimum atomic E-state index is -0.297. The smallest absolute Gasteiger partial charge is 0.179 e. The van der Waals surface area contributed by atoms with Crippen molar-refractivity contribution in [2.45, 2.75) is 13.2 Å². The molecule has 5 aromatic rings. The molecule has 0 fully saturated rings. The molecular weight excluding hydrogens is 385 g/mol. The zero-order valence-electron chi connectivity index (χ0n) is 15.8. The maximum Gasteiger partial charge on any atom is 0.179 e. The van der Waals surface area contributed by atoms with Crippen molar-refractivity contribution in [1.82, 2.24) is 29.4 Å². The van der Waals surface area contributed by atoms with E-state index in [-0.39, 0.29) is 12.4 Å². The van der Waals surface area contributed by atoms with Crippen molar-refractivity contribution in [2.24, 2.45) is 5.16 Å². The van der Waals surface area contributed by atoms with Gasteiger partial charge in [-0.3, -0.25) is 4.40 Å². The second-order valence-electron chi connectivity index (χ2n) is 6.64. The number of fused-ring (bicyclic) bond motifs is 3. The van der Waals surface area contributed by atoms with Crippen LogP contribution in [0.5, 0.6) is 0 Å². The van der Waals surface area contributed by atoms with Crippen molar-refractivity contribution in [3.63, 3.8) is 0 Å². The minimum Gasteiger partial charge on any atom is -0.388 e. The summed E-state index contributed by atoms with van der Waals surface area (Å²) in [5.41, 5.74) is 3.26. The summed E-state index contributed by atoms with van der Waals surface area (Å²) in [4.78, 5) is 9.86. The molecule has 0 saturated carbocycles. The lowest BCUT2D eigenvalue weighted by Gasteiger charge is -2.03. The molecule has 0 aliphatic heterocycles. The molecule has 0 N–H and O–H groups in total. The predicted molar refractivity (Wildman–Crippen MR) is 108 cm³/mol. The fourth-order valence-corrected chi connectivity index (χ4v) is 3.13. The van der Waals surface area contributed by atoms with Crippen LogP contribution in [0.3, 0.4) is 0 Å². The van der Waals surface area contributed by atoms with Crippen LogP contribution in [-0.2, 0) is 18.0 Å². The number of rotatable bonds is 6. The molecule has 0 spiro atoms.